The predicted molar refractivity (Wildman–Crippen MR) is 82.1 cm³/mol. The molecule has 0 bridgehead atoms. The van der Waals surface area contributed by atoms with Gasteiger partial charge >= 0.3 is 0 Å². The van der Waals surface area contributed by atoms with Crippen molar-refractivity contribution in [3.63, 3.8) is 0 Å². The lowest BCUT2D eigenvalue weighted by Crippen LogP contribution is -2.07. The van der Waals surface area contributed by atoms with Crippen LogP contribution in [-0.2, 0) is 0 Å². The lowest BCUT2D eigenvalue weighted by molar-refractivity contribution is 0.171. The van der Waals surface area contributed by atoms with Gasteiger partial charge in [-0.2, -0.15) is 0 Å². The van der Waals surface area contributed by atoms with Gasteiger partial charge in [0.05, 0.1) is 12.7 Å². The van der Waals surface area contributed by atoms with Crippen molar-refractivity contribution < 1.29 is 14.2 Å². The van der Waals surface area contributed by atoms with E-state index in [4.69, 9.17) is 4.74 Å². The maximum atomic E-state index is 12.8. The van der Waals surface area contributed by atoms with Crippen molar-refractivity contribution in [2.45, 2.75) is 19.4 Å². The summed E-state index contributed by atoms with van der Waals surface area (Å²) >= 11 is 0. The number of aliphatic hydroxyl groups excluding tert-OH is 1. The van der Waals surface area contributed by atoms with E-state index in [1.165, 1.54) is 12.1 Å². The first kappa shape index (κ1) is 15.3. The van der Waals surface area contributed by atoms with Crippen LogP contribution in [0.25, 0.3) is 0 Å². The first-order chi connectivity index (χ1) is 10.2. The molecule has 0 amide bonds. The summed E-state index contributed by atoms with van der Waals surface area (Å²) in [7, 11) is 0. The first-order valence-corrected chi connectivity index (χ1v) is 7.09. The fourth-order valence-corrected chi connectivity index (χ4v) is 2.04. The number of aliphatic hydroxyl groups is 1. The molecule has 2 aromatic carbocycles. The van der Waals surface area contributed by atoms with Gasteiger partial charge in [0.15, 0.2) is 0 Å². The quantitative estimate of drug-likeness (QED) is 0.815. The standard InChI is InChI=1S/C17H20FNO2/c1-2-21-16-9-7-15(8-10-16)19-12-11-17(20)13-3-5-14(18)6-4-13/h3-10,17,19-20H,2,11-12H2,1H3/t17-/m0/s1. The molecule has 0 spiro atoms. The summed E-state index contributed by atoms with van der Waals surface area (Å²) in [5.41, 5.74) is 1.70. The van der Waals surface area contributed by atoms with E-state index in [-0.39, 0.29) is 5.82 Å². The molecule has 21 heavy (non-hydrogen) atoms. The second-order valence-electron chi connectivity index (χ2n) is 4.74. The molecule has 112 valence electrons. The Morgan fingerprint density at radius 1 is 1.10 bits per heavy atom. The number of ether oxygens (including phenoxy) is 1. The van der Waals surface area contributed by atoms with Crippen LogP contribution in [0.5, 0.6) is 5.75 Å². The van der Waals surface area contributed by atoms with Crippen LogP contribution in [0.2, 0.25) is 0 Å². The smallest absolute Gasteiger partial charge is 0.123 e. The van der Waals surface area contributed by atoms with E-state index in [9.17, 15) is 9.50 Å². The molecule has 1 atom stereocenters. The second-order valence-corrected chi connectivity index (χ2v) is 4.74. The van der Waals surface area contributed by atoms with Crippen LogP contribution < -0.4 is 10.1 Å². The van der Waals surface area contributed by atoms with Crippen LogP contribution in [0.15, 0.2) is 48.5 Å². The fourth-order valence-electron chi connectivity index (χ4n) is 2.04. The van der Waals surface area contributed by atoms with Gasteiger partial charge in [-0.1, -0.05) is 12.1 Å². The van der Waals surface area contributed by atoms with Crippen LogP contribution in [-0.4, -0.2) is 18.3 Å². The molecule has 0 aromatic heterocycles. The molecular formula is C17H20FNO2. The molecule has 0 saturated heterocycles. The van der Waals surface area contributed by atoms with E-state index < -0.39 is 6.10 Å². The van der Waals surface area contributed by atoms with Gasteiger partial charge in [0.25, 0.3) is 0 Å². The summed E-state index contributed by atoms with van der Waals surface area (Å²) in [6, 6.07) is 13.6. The predicted octanol–water partition coefficient (Wildman–Crippen LogP) is 3.76. The van der Waals surface area contributed by atoms with Gasteiger partial charge in [0.1, 0.15) is 11.6 Å². The second kappa shape index (κ2) is 7.64. The Balaban J connectivity index is 1.79. The highest BCUT2D eigenvalue weighted by Crippen LogP contribution is 2.19. The molecule has 2 aromatic rings. The zero-order chi connectivity index (χ0) is 15.1. The summed E-state index contributed by atoms with van der Waals surface area (Å²) in [5, 5.41) is 13.3. The van der Waals surface area contributed by atoms with Gasteiger partial charge in [-0.3, -0.25) is 0 Å². The number of benzene rings is 2. The fraction of sp³-hybridized carbons (Fsp3) is 0.294. The van der Waals surface area contributed by atoms with Crippen molar-refractivity contribution in [2.75, 3.05) is 18.5 Å². The average Bonchev–Trinajstić information content (AvgIpc) is 2.50. The number of halogens is 1. The first-order valence-electron chi connectivity index (χ1n) is 7.09. The van der Waals surface area contributed by atoms with Crippen molar-refractivity contribution in [2.24, 2.45) is 0 Å². The number of nitrogens with one attached hydrogen (secondary N) is 1. The zero-order valence-electron chi connectivity index (χ0n) is 12.1. The molecule has 0 aliphatic heterocycles. The van der Waals surface area contributed by atoms with Gasteiger partial charge in [-0.15, -0.1) is 0 Å². The third-order valence-corrected chi connectivity index (χ3v) is 3.17. The molecule has 2 N–H and O–H groups in total. The zero-order valence-corrected chi connectivity index (χ0v) is 12.1. The summed E-state index contributed by atoms with van der Waals surface area (Å²) in [4.78, 5) is 0. The highest BCUT2D eigenvalue weighted by Gasteiger charge is 2.07. The molecule has 0 unspecified atom stereocenters. The molecule has 0 aliphatic rings. The van der Waals surface area contributed by atoms with E-state index in [1.807, 2.05) is 31.2 Å². The lowest BCUT2D eigenvalue weighted by atomic mass is 10.1. The highest BCUT2D eigenvalue weighted by atomic mass is 19.1. The summed E-state index contributed by atoms with van der Waals surface area (Å²) in [5.74, 6) is 0.549. The minimum Gasteiger partial charge on any atom is -0.494 e. The average molecular weight is 289 g/mol. The number of hydrogen-bond acceptors (Lipinski definition) is 3. The molecule has 3 nitrogen and oxygen atoms in total. The van der Waals surface area contributed by atoms with Crippen LogP contribution in [0.1, 0.15) is 25.0 Å². The third-order valence-electron chi connectivity index (χ3n) is 3.17. The van der Waals surface area contributed by atoms with Gasteiger partial charge in [0.2, 0.25) is 0 Å². The Kier molecular flexibility index (Phi) is 5.58. The lowest BCUT2D eigenvalue weighted by Gasteiger charge is -2.12. The molecule has 0 heterocycles. The summed E-state index contributed by atoms with van der Waals surface area (Å²) < 4.78 is 18.2. The Morgan fingerprint density at radius 3 is 2.38 bits per heavy atom. The van der Waals surface area contributed by atoms with E-state index in [0.717, 1.165) is 17.0 Å². The van der Waals surface area contributed by atoms with Gasteiger partial charge in [-0.05, 0) is 55.3 Å². The van der Waals surface area contributed by atoms with Gasteiger partial charge < -0.3 is 15.2 Å². The van der Waals surface area contributed by atoms with Crippen molar-refractivity contribution in [1.82, 2.24) is 0 Å². The Labute approximate surface area is 124 Å². The summed E-state index contributed by atoms with van der Waals surface area (Å²) in [6.45, 7) is 3.23. The number of anilines is 1. The maximum absolute atomic E-state index is 12.8. The largest absolute Gasteiger partial charge is 0.494 e. The SMILES string of the molecule is CCOc1ccc(NCC[C@H](O)c2ccc(F)cc2)cc1. The third kappa shape index (κ3) is 4.76. The van der Waals surface area contributed by atoms with E-state index in [1.54, 1.807) is 12.1 Å². The topological polar surface area (TPSA) is 41.5 Å². The molecular weight excluding hydrogens is 269 g/mol. The molecule has 0 saturated carbocycles. The van der Waals surface area contributed by atoms with E-state index >= 15 is 0 Å². The number of hydrogen-bond donors (Lipinski definition) is 2. The van der Waals surface area contributed by atoms with Crippen LogP contribution in [0, 0.1) is 5.82 Å². The van der Waals surface area contributed by atoms with Crippen molar-refractivity contribution in [1.29, 1.82) is 0 Å². The van der Waals surface area contributed by atoms with Crippen LogP contribution in [0.3, 0.4) is 0 Å². The van der Waals surface area contributed by atoms with Crippen LogP contribution >= 0.6 is 0 Å². The molecule has 0 radical (unpaired) electrons. The van der Waals surface area contributed by atoms with Crippen molar-refractivity contribution in [3.8, 4) is 5.75 Å². The molecule has 0 fully saturated rings. The molecule has 2 rings (SSSR count). The van der Waals surface area contributed by atoms with Crippen molar-refractivity contribution >= 4 is 5.69 Å². The highest BCUT2D eigenvalue weighted by molar-refractivity contribution is 5.46. The van der Waals surface area contributed by atoms with E-state index in [0.29, 0.717) is 19.6 Å². The van der Waals surface area contributed by atoms with Gasteiger partial charge in [-0.25, -0.2) is 4.39 Å². The van der Waals surface area contributed by atoms with Crippen molar-refractivity contribution in [3.05, 3.63) is 59.9 Å². The normalized spacial score (nSPS) is 12.0. The van der Waals surface area contributed by atoms with Crippen LogP contribution in [0.4, 0.5) is 10.1 Å². The maximum Gasteiger partial charge on any atom is 0.123 e. The summed E-state index contributed by atoms with van der Waals surface area (Å²) in [6.07, 6.45) is -0.0421. The van der Waals surface area contributed by atoms with Gasteiger partial charge in [0, 0.05) is 12.2 Å². The minimum absolute atomic E-state index is 0.293. The van der Waals surface area contributed by atoms with E-state index in [2.05, 4.69) is 5.32 Å². The molecule has 4 heteroatoms. The Bertz CT molecular complexity index is 540. The number of rotatable bonds is 7. The monoisotopic (exact) mass is 289 g/mol. The molecule has 0 aliphatic carbocycles. The Hall–Kier alpha value is -2.07. The minimum atomic E-state index is -0.596. The Morgan fingerprint density at radius 2 is 1.76 bits per heavy atom.